The standard InChI is InChI=1S/C13H19ClN4O/c1-10(19)18-6-2-5-17(7-8-18)9-12-11(14)3-4-13(15)16-12/h3-4H,2,5-9H2,1H3,(H2,15,16). The minimum absolute atomic E-state index is 0.141. The number of hydrogen-bond acceptors (Lipinski definition) is 4. The molecule has 2 N–H and O–H groups in total. The van der Waals surface area contributed by atoms with E-state index in [-0.39, 0.29) is 5.91 Å². The van der Waals surface area contributed by atoms with Crippen molar-refractivity contribution in [2.45, 2.75) is 19.9 Å². The molecule has 0 unspecified atom stereocenters. The van der Waals surface area contributed by atoms with Crippen molar-refractivity contribution in [2.24, 2.45) is 0 Å². The SMILES string of the molecule is CC(=O)N1CCCN(Cc2nc(N)ccc2Cl)CC1. The van der Waals surface area contributed by atoms with Gasteiger partial charge in [-0.15, -0.1) is 0 Å². The normalized spacial score (nSPS) is 17.3. The predicted molar refractivity (Wildman–Crippen MR) is 75.8 cm³/mol. The van der Waals surface area contributed by atoms with Crippen molar-refractivity contribution in [3.63, 3.8) is 0 Å². The summed E-state index contributed by atoms with van der Waals surface area (Å²) in [6.07, 6.45) is 0.972. The number of nitrogen functional groups attached to an aromatic ring is 1. The smallest absolute Gasteiger partial charge is 0.219 e. The Morgan fingerprint density at radius 2 is 2.16 bits per heavy atom. The number of pyridine rings is 1. The maximum absolute atomic E-state index is 11.4. The van der Waals surface area contributed by atoms with Gasteiger partial charge in [-0.2, -0.15) is 0 Å². The van der Waals surface area contributed by atoms with Crippen molar-refractivity contribution in [3.05, 3.63) is 22.8 Å². The molecule has 1 aromatic heterocycles. The maximum atomic E-state index is 11.4. The number of aromatic nitrogens is 1. The number of halogens is 1. The average molecular weight is 283 g/mol. The fourth-order valence-corrected chi connectivity index (χ4v) is 2.43. The molecule has 0 spiro atoms. The van der Waals surface area contributed by atoms with E-state index in [0.717, 1.165) is 38.3 Å². The molecule has 104 valence electrons. The van der Waals surface area contributed by atoms with Gasteiger partial charge in [0.25, 0.3) is 0 Å². The maximum Gasteiger partial charge on any atom is 0.219 e. The molecule has 1 aromatic rings. The summed E-state index contributed by atoms with van der Waals surface area (Å²) in [6.45, 7) is 5.66. The summed E-state index contributed by atoms with van der Waals surface area (Å²) in [5, 5.41) is 0.641. The van der Waals surface area contributed by atoms with Crippen molar-refractivity contribution >= 4 is 23.3 Å². The van der Waals surface area contributed by atoms with Crippen LogP contribution in [-0.4, -0.2) is 46.9 Å². The molecule has 0 radical (unpaired) electrons. The minimum atomic E-state index is 0.141. The summed E-state index contributed by atoms with van der Waals surface area (Å²) in [5.41, 5.74) is 6.49. The second kappa shape index (κ2) is 6.21. The topological polar surface area (TPSA) is 62.5 Å². The van der Waals surface area contributed by atoms with E-state index >= 15 is 0 Å². The van der Waals surface area contributed by atoms with Crippen LogP contribution in [0.5, 0.6) is 0 Å². The van der Waals surface area contributed by atoms with Crippen molar-refractivity contribution in [1.29, 1.82) is 0 Å². The highest BCUT2D eigenvalue weighted by Crippen LogP contribution is 2.18. The van der Waals surface area contributed by atoms with E-state index in [1.54, 1.807) is 19.1 Å². The zero-order valence-electron chi connectivity index (χ0n) is 11.1. The molecule has 1 saturated heterocycles. The van der Waals surface area contributed by atoms with Gasteiger partial charge < -0.3 is 10.6 Å². The molecule has 19 heavy (non-hydrogen) atoms. The lowest BCUT2D eigenvalue weighted by atomic mass is 10.3. The van der Waals surface area contributed by atoms with E-state index in [9.17, 15) is 4.79 Å². The highest BCUT2D eigenvalue weighted by molar-refractivity contribution is 6.31. The van der Waals surface area contributed by atoms with Gasteiger partial charge in [-0.1, -0.05) is 11.6 Å². The Hall–Kier alpha value is -1.33. The Labute approximate surface area is 118 Å². The van der Waals surface area contributed by atoms with E-state index < -0.39 is 0 Å². The molecule has 2 heterocycles. The molecule has 0 saturated carbocycles. The van der Waals surface area contributed by atoms with Crippen LogP contribution in [0.3, 0.4) is 0 Å². The lowest BCUT2D eigenvalue weighted by Gasteiger charge is -2.21. The van der Waals surface area contributed by atoms with E-state index in [1.807, 2.05) is 4.90 Å². The number of hydrogen-bond donors (Lipinski definition) is 1. The lowest BCUT2D eigenvalue weighted by molar-refractivity contribution is -0.128. The van der Waals surface area contributed by atoms with Crippen molar-refractivity contribution in [2.75, 3.05) is 31.9 Å². The molecule has 0 bridgehead atoms. The van der Waals surface area contributed by atoms with Crippen LogP contribution in [0.1, 0.15) is 19.0 Å². The highest BCUT2D eigenvalue weighted by atomic mass is 35.5. The Morgan fingerprint density at radius 1 is 1.37 bits per heavy atom. The number of nitrogens with zero attached hydrogens (tertiary/aromatic N) is 3. The molecule has 0 aliphatic carbocycles. The molecule has 6 heteroatoms. The summed E-state index contributed by atoms with van der Waals surface area (Å²) in [4.78, 5) is 19.8. The Balaban J connectivity index is 1.99. The molecule has 1 fully saturated rings. The first-order valence-electron chi connectivity index (χ1n) is 6.45. The summed E-state index contributed by atoms with van der Waals surface area (Å²) in [7, 11) is 0. The van der Waals surface area contributed by atoms with Gasteiger partial charge in [0.15, 0.2) is 0 Å². The third kappa shape index (κ3) is 3.81. The number of carbonyl (C=O) groups excluding carboxylic acids is 1. The van der Waals surface area contributed by atoms with E-state index in [2.05, 4.69) is 9.88 Å². The van der Waals surface area contributed by atoms with Crippen LogP contribution in [0, 0.1) is 0 Å². The predicted octanol–water partition coefficient (Wildman–Crippen LogP) is 1.37. The molecule has 1 amide bonds. The Morgan fingerprint density at radius 3 is 2.89 bits per heavy atom. The zero-order chi connectivity index (χ0) is 13.8. The number of nitrogens with two attached hydrogens (primary N) is 1. The van der Waals surface area contributed by atoms with Gasteiger partial charge in [0.1, 0.15) is 5.82 Å². The monoisotopic (exact) mass is 282 g/mol. The van der Waals surface area contributed by atoms with E-state index in [1.165, 1.54) is 0 Å². The van der Waals surface area contributed by atoms with Crippen LogP contribution in [0.4, 0.5) is 5.82 Å². The van der Waals surface area contributed by atoms with Gasteiger partial charge >= 0.3 is 0 Å². The summed E-state index contributed by atoms with van der Waals surface area (Å²) >= 11 is 6.13. The van der Waals surface area contributed by atoms with Crippen LogP contribution < -0.4 is 5.73 Å². The van der Waals surface area contributed by atoms with Crippen molar-refractivity contribution in [1.82, 2.24) is 14.8 Å². The van der Waals surface area contributed by atoms with Gasteiger partial charge in [-0.05, 0) is 18.6 Å². The molecule has 2 rings (SSSR count). The minimum Gasteiger partial charge on any atom is -0.384 e. The number of anilines is 1. The zero-order valence-corrected chi connectivity index (χ0v) is 11.9. The van der Waals surface area contributed by atoms with Crippen LogP contribution in [0.25, 0.3) is 0 Å². The van der Waals surface area contributed by atoms with Crippen molar-refractivity contribution in [3.8, 4) is 0 Å². The Bertz CT molecular complexity index is 466. The third-order valence-electron chi connectivity index (χ3n) is 3.35. The quantitative estimate of drug-likeness (QED) is 0.890. The first kappa shape index (κ1) is 14.1. The second-order valence-electron chi connectivity index (χ2n) is 4.80. The number of amides is 1. The summed E-state index contributed by atoms with van der Waals surface area (Å²) in [6, 6.07) is 3.48. The first-order chi connectivity index (χ1) is 9.06. The van der Waals surface area contributed by atoms with Crippen LogP contribution in [0.2, 0.25) is 5.02 Å². The fraction of sp³-hybridized carbons (Fsp3) is 0.538. The lowest BCUT2D eigenvalue weighted by Crippen LogP contribution is -2.33. The van der Waals surface area contributed by atoms with Gasteiger partial charge in [-0.3, -0.25) is 9.69 Å². The average Bonchev–Trinajstić information content (AvgIpc) is 2.59. The van der Waals surface area contributed by atoms with Crippen LogP contribution in [0.15, 0.2) is 12.1 Å². The summed E-state index contributed by atoms with van der Waals surface area (Å²) in [5.74, 6) is 0.626. The van der Waals surface area contributed by atoms with Gasteiger partial charge in [0.2, 0.25) is 5.91 Å². The van der Waals surface area contributed by atoms with Gasteiger partial charge in [-0.25, -0.2) is 4.98 Å². The molecule has 1 aliphatic heterocycles. The molecule has 0 aromatic carbocycles. The highest BCUT2D eigenvalue weighted by Gasteiger charge is 2.17. The van der Waals surface area contributed by atoms with Crippen LogP contribution >= 0.6 is 11.6 Å². The van der Waals surface area contributed by atoms with Crippen LogP contribution in [-0.2, 0) is 11.3 Å². The molecular weight excluding hydrogens is 264 g/mol. The first-order valence-corrected chi connectivity index (χ1v) is 6.83. The number of rotatable bonds is 2. The molecule has 0 atom stereocenters. The molecular formula is C13H19ClN4O. The van der Waals surface area contributed by atoms with E-state index in [4.69, 9.17) is 17.3 Å². The Kier molecular flexibility index (Phi) is 4.61. The summed E-state index contributed by atoms with van der Waals surface area (Å²) < 4.78 is 0. The second-order valence-corrected chi connectivity index (χ2v) is 5.21. The largest absolute Gasteiger partial charge is 0.384 e. The van der Waals surface area contributed by atoms with E-state index in [0.29, 0.717) is 17.4 Å². The van der Waals surface area contributed by atoms with Crippen molar-refractivity contribution < 1.29 is 4.79 Å². The number of carbonyl (C=O) groups is 1. The third-order valence-corrected chi connectivity index (χ3v) is 3.69. The molecule has 1 aliphatic rings. The van der Waals surface area contributed by atoms with Gasteiger partial charge in [0, 0.05) is 39.6 Å². The molecule has 5 nitrogen and oxygen atoms in total. The van der Waals surface area contributed by atoms with Gasteiger partial charge in [0.05, 0.1) is 10.7 Å². The fourth-order valence-electron chi connectivity index (χ4n) is 2.27.